The van der Waals surface area contributed by atoms with E-state index in [9.17, 15) is 4.39 Å². The van der Waals surface area contributed by atoms with Gasteiger partial charge in [-0.25, -0.2) is 4.39 Å². The molecule has 0 spiro atoms. The van der Waals surface area contributed by atoms with Crippen LogP contribution in [0.15, 0.2) is 48.5 Å². The van der Waals surface area contributed by atoms with Crippen LogP contribution in [0.1, 0.15) is 30.5 Å². The second-order valence-electron chi connectivity index (χ2n) is 5.59. The van der Waals surface area contributed by atoms with Crippen LogP contribution in [0.2, 0.25) is 0 Å². The van der Waals surface area contributed by atoms with Crippen LogP contribution in [0.3, 0.4) is 0 Å². The van der Waals surface area contributed by atoms with Crippen molar-refractivity contribution in [3.63, 3.8) is 0 Å². The molecule has 0 saturated heterocycles. The molecule has 0 amide bonds. The summed E-state index contributed by atoms with van der Waals surface area (Å²) in [5, 5.41) is 3.54. The number of nitrogens with zero attached hydrogens (tertiary/aromatic N) is 1. The van der Waals surface area contributed by atoms with Crippen molar-refractivity contribution in [2.24, 2.45) is 0 Å². The van der Waals surface area contributed by atoms with E-state index in [0.29, 0.717) is 0 Å². The van der Waals surface area contributed by atoms with E-state index in [1.807, 2.05) is 12.1 Å². The molecule has 0 aromatic heterocycles. The highest BCUT2D eigenvalue weighted by atomic mass is 19.1. The quantitative estimate of drug-likeness (QED) is 0.844. The molecule has 0 saturated carbocycles. The molecule has 1 unspecified atom stereocenters. The maximum absolute atomic E-state index is 13.0. The zero-order chi connectivity index (χ0) is 15.2. The van der Waals surface area contributed by atoms with E-state index in [-0.39, 0.29) is 11.9 Å². The van der Waals surface area contributed by atoms with E-state index in [2.05, 4.69) is 55.5 Å². The number of rotatable bonds is 6. The van der Waals surface area contributed by atoms with Crippen molar-refractivity contribution >= 4 is 5.69 Å². The molecule has 0 heterocycles. The molecule has 3 heteroatoms. The molecule has 0 radical (unpaired) electrons. The van der Waals surface area contributed by atoms with Gasteiger partial charge in [-0.2, -0.15) is 0 Å². The van der Waals surface area contributed by atoms with Crippen molar-refractivity contribution in [3.8, 4) is 0 Å². The first-order valence-corrected chi connectivity index (χ1v) is 7.34. The predicted molar refractivity (Wildman–Crippen MR) is 86.9 cm³/mol. The third-order valence-corrected chi connectivity index (χ3v) is 3.45. The summed E-state index contributed by atoms with van der Waals surface area (Å²) in [6, 6.07) is 15.4. The predicted octanol–water partition coefficient (Wildman–Crippen LogP) is 4.45. The second-order valence-corrected chi connectivity index (χ2v) is 5.59. The highest BCUT2D eigenvalue weighted by Gasteiger charge is 2.09. The zero-order valence-electron chi connectivity index (χ0n) is 12.9. The van der Waals surface area contributed by atoms with Crippen LogP contribution in [-0.4, -0.2) is 19.0 Å². The fourth-order valence-corrected chi connectivity index (χ4v) is 2.44. The van der Waals surface area contributed by atoms with Crippen molar-refractivity contribution in [3.05, 3.63) is 65.5 Å². The van der Waals surface area contributed by atoms with Gasteiger partial charge in [0.25, 0.3) is 0 Å². The van der Waals surface area contributed by atoms with Crippen molar-refractivity contribution in [2.45, 2.75) is 25.9 Å². The molecule has 0 aliphatic carbocycles. The zero-order valence-corrected chi connectivity index (χ0v) is 12.9. The summed E-state index contributed by atoms with van der Waals surface area (Å²) >= 11 is 0. The van der Waals surface area contributed by atoms with Gasteiger partial charge in [-0.05, 0) is 55.9 Å². The lowest BCUT2D eigenvalue weighted by atomic mass is 10.0. The summed E-state index contributed by atoms with van der Waals surface area (Å²) < 4.78 is 13.0. The first kappa shape index (κ1) is 15.5. The van der Waals surface area contributed by atoms with Gasteiger partial charge in [0.1, 0.15) is 5.82 Å². The number of hydrogen-bond donors (Lipinski definition) is 1. The Morgan fingerprint density at radius 2 is 1.81 bits per heavy atom. The van der Waals surface area contributed by atoms with Crippen molar-refractivity contribution in [1.29, 1.82) is 0 Å². The summed E-state index contributed by atoms with van der Waals surface area (Å²) in [4.78, 5) is 2.15. The number of halogens is 1. The smallest absolute Gasteiger partial charge is 0.123 e. The average molecular weight is 286 g/mol. The van der Waals surface area contributed by atoms with Gasteiger partial charge in [-0.15, -0.1) is 0 Å². The average Bonchev–Trinajstić information content (AvgIpc) is 2.45. The SMILES string of the molecule is CCC(Nc1cccc(CN(C)C)c1)c1ccc(F)cc1. The van der Waals surface area contributed by atoms with Crippen LogP contribution >= 0.6 is 0 Å². The van der Waals surface area contributed by atoms with Crippen LogP contribution in [0, 0.1) is 5.82 Å². The molecule has 0 fully saturated rings. The lowest BCUT2D eigenvalue weighted by molar-refractivity contribution is 0.402. The number of nitrogens with one attached hydrogen (secondary N) is 1. The number of hydrogen-bond acceptors (Lipinski definition) is 2. The summed E-state index contributed by atoms with van der Waals surface area (Å²) in [6.07, 6.45) is 0.948. The summed E-state index contributed by atoms with van der Waals surface area (Å²) in [5.74, 6) is -0.193. The maximum atomic E-state index is 13.0. The normalized spacial score (nSPS) is 12.4. The summed E-state index contributed by atoms with van der Waals surface area (Å²) in [7, 11) is 4.13. The topological polar surface area (TPSA) is 15.3 Å². The Morgan fingerprint density at radius 1 is 1.10 bits per heavy atom. The Balaban J connectivity index is 2.13. The minimum Gasteiger partial charge on any atom is -0.378 e. The second kappa shape index (κ2) is 7.23. The molecule has 2 aromatic rings. The standard InChI is InChI=1S/C18H23FN2/c1-4-18(15-8-10-16(19)11-9-15)20-17-7-5-6-14(12-17)13-21(2)3/h5-12,18,20H,4,13H2,1-3H3. The molecule has 0 aliphatic heterocycles. The van der Waals surface area contributed by atoms with Crippen LogP contribution in [0.5, 0.6) is 0 Å². The third-order valence-electron chi connectivity index (χ3n) is 3.45. The monoisotopic (exact) mass is 286 g/mol. The lowest BCUT2D eigenvalue weighted by Gasteiger charge is -2.20. The highest BCUT2D eigenvalue weighted by molar-refractivity contribution is 5.47. The first-order chi connectivity index (χ1) is 10.1. The maximum Gasteiger partial charge on any atom is 0.123 e. The molecule has 0 aliphatic rings. The van der Waals surface area contributed by atoms with Gasteiger partial charge in [0.05, 0.1) is 6.04 Å². The van der Waals surface area contributed by atoms with Gasteiger partial charge in [0.15, 0.2) is 0 Å². The van der Waals surface area contributed by atoms with Gasteiger partial charge < -0.3 is 10.2 Å². The molecule has 2 aromatic carbocycles. The lowest BCUT2D eigenvalue weighted by Crippen LogP contribution is -2.12. The van der Waals surface area contributed by atoms with E-state index in [1.54, 1.807) is 0 Å². The van der Waals surface area contributed by atoms with E-state index in [4.69, 9.17) is 0 Å². The molecule has 2 nitrogen and oxygen atoms in total. The molecule has 112 valence electrons. The molecular weight excluding hydrogens is 263 g/mol. The summed E-state index contributed by atoms with van der Waals surface area (Å²) in [6.45, 7) is 3.05. The minimum absolute atomic E-state index is 0.193. The fourth-order valence-electron chi connectivity index (χ4n) is 2.44. The van der Waals surface area contributed by atoms with Gasteiger partial charge in [0, 0.05) is 12.2 Å². The van der Waals surface area contributed by atoms with Crippen LogP contribution < -0.4 is 5.32 Å². The van der Waals surface area contributed by atoms with Crippen molar-refractivity contribution in [1.82, 2.24) is 4.90 Å². The highest BCUT2D eigenvalue weighted by Crippen LogP contribution is 2.23. The summed E-state index contributed by atoms with van der Waals surface area (Å²) in [5.41, 5.74) is 3.49. The Morgan fingerprint density at radius 3 is 2.43 bits per heavy atom. The van der Waals surface area contributed by atoms with Gasteiger partial charge >= 0.3 is 0 Å². The molecule has 2 rings (SSSR count). The van der Waals surface area contributed by atoms with E-state index < -0.39 is 0 Å². The number of anilines is 1. The first-order valence-electron chi connectivity index (χ1n) is 7.34. The Labute approximate surface area is 126 Å². The van der Waals surface area contributed by atoms with E-state index >= 15 is 0 Å². The van der Waals surface area contributed by atoms with Crippen LogP contribution in [-0.2, 0) is 6.54 Å². The molecule has 1 atom stereocenters. The Hall–Kier alpha value is -1.87. The largest absolute Gasteiger partial charge is 0.378 e. The van der Waals surface area contributed by atoms with Crippen LogP contribution in [0.25, 0.3) is 0 Å². The Kier molecular flexibility index (Phi) is 5.34. The molecule has 0 bridgehead atoms. The fraction of sp³-hybridized carbons (Fsp3) is 0.333. The van der Waals surface area contributed by atoms with E-state index in [1.165, 1.54) is 17.7 Å². The van der Waals surface area contributed by atoms with Crippen LogP contribution in [0.4, 0.5) is 10.1 Å². The molecule has 1 N–H and O–H groups in total. The Bertz CT molecular complexity index is 564. The molecule has 21 heavy (non-hydrogen) atoms. The minimum atomic E-state index is -0.193. The third kappa shape index (κ3) is 4.57. The van der Waals surface area contributed by atoms with E-state index in [0.717, 1.165) is 24.2 Å². The van der Waals surface area contributed by atoms with Crippen molar-refractivity contribution in [2.75, 3.05) is 19.4 Å². The van der Waals surface area contributed by atoms with Gasteiger partial charge in [0.2, 0.25) is 0 Å². The number of benzene rings is 2. The van der Waals surface area contributed by atoms with Crippen molar-refractivity contribution < 1.29 is 4.39 Å². The van der Waals surface area contributed by atoms with Gasteiger partial charge in [-0.3, -0.25) is 0 Å². The van der Waals surface area contributed by atoms with Gasteiger partial charge in [-0.1, -0.05) is 31.2 Å². The molecular formula is C18H23FN2.